The van der Waals surface area contributed by atoms with Crippen LogP contribution < -0.4 is 10.2 Å². The van der Waals surface area contributed by atoms with E-state index in [0.717, 1.165) is 59.5 Å². The van der Waals surface area contributed by atoms with Gasteiger partial charge in [-0.1, -0.05) is 36.4 Å². The highest BCUT2D eigenvalue weighted by Gasteiger charge is 2.26. The molecule has 0 spiro atoms. The molecule has 5 nitrogen and oxygen atoms in total. The number of anilines is 1. The molecule has 2 aromatic heterocycles. The van der Waals surface area contributed by atoms with Crippen LogP contribution in [0.3, 0.4) is 0 Å². The highest BCUT2D eigenvalue weighted by molar-refractivity contribution is 6.05. The van der Waals surface area contributed by atoms with Crippen LogP contribution in [0.15, 0.2) is 54.7 Å². The van der Waals surface area contributed by atoms with Crippen LogP contribution in [0.2, 0.25) is 0 Å². The summed E-state index contributed by atoms with van der Waals surface area (Å²) in [7, 11) is 0. The van der Waals surface area contributed by atoms with Gasteiger partial charge >= 0.3 is 0 Å². The summed E-state index contributed by atoms with van der Waals surface area (Å²) in [6, 6.07) is 18.8. The maximum atomic E-state index is 9.99. The van der Waals surface area contributed by atoms with E-state index in [1.54, 1.807) is 0 Å². The van der Waals surface area contributed by atoms with E-state index in [1.165, 1.54) is 5.69 Å². The Morgan fingerprint density at radius 3 is 2.54 bits per heavy atom. The molecule has 3 heterocycles. The van der Waals surface area contributed by atoms with Crippen LogP contribution in [-0.2, 0) is 0 Å². The largest absolute Gasteiger partial charge is 0.367 e. The lowest BCUT2D eigenvalue weighted by molar-refractivity contribution is 0.590. The predicted molar refractivity (Wildman–Crippen MR) is 113 cm³/mol. The molecule has 0 radical (unpaired) electrons. The van der Waals surface area contributed by atoms with Crippen molar-refractivity contribution in [1.82, 2.24) is 14.7 Å². The van der Waals surface area contributed by atoms with Gasteiger partial charge in [0.2, 0.25) is 0 Å². The van der Waals surface area contributed by atoms with Crippen molar-refractivity contribution in [2.45, 2.75) is 6.92 Å². The summed E-state index contributed by atoms with van der Waals surface area (Å²) in [6.45, 7) is 5.81. The number of pyridine rings is 1. The zero-order valence-corrected chi connectivity index (χ0v) is 15.8. The number of rotatable bonds is 2. The highest BCUT2D eigenvalue weighted by Crippen LogP contribution is 2.42. The van der Waals surface area contributed by atoms with Crippen LogP contribution in [0.4, 0.5) is 5.69 Å². The number of nitriles is 1. The second-order valence-corrected chi connectivity index (χ2v) is 7.18. The van der Waals surface area contributed by atoms with Crippen molar-refractivity contribution in [2.24, 2.45) is 0 Å². The summed E-state index contributed by atoms with van der Waals surface area (Å²) in [5, 5.41) is 13.4. The van der Waals surface area contributed by atoms with Crippen LogP contribution in [0, 0.1) is 18.3 Å². The minimum absolute atomic E-state index is 0.663. The summed E-state index contributed by atoms with van der Waals surface area (Å²) in [5.74, 6) is 0. The molecule has 1 aliphatic heterocycles. The number of nitrogens with zero attached hydrogens (tertiary/aromatic N) is 4. The third-order valence-corrected chi connectivity index (χ3v) is 5.59. The number of nitrogens with one attached hydrogen (secondary N) is 1. The first-order valence-electron chi connectivity index (χ1n) is 9.64. The first kappa shape index (κ1) is 16.8. The van der Waals surface area contributed by atoms with Gasteiger partial charge in [0.25, 0.3) is 0 Å². The highest BCUT2D eigenvalue weighted by atomic mass is 15.2. The Balaban J connectivity index is 1.98. The first-order valence-corrected chi connectivity index (χ1v) is 9.64. The fraction of sp³-hybridized carbons (Fsp3) is 0.217. The second-order valence-electron chi connectivity index (χ2n) is 7.18. The fourth-order valence-electron chi connectivity index (χ4n) is 4.29. The molecule has 28 heavy (non-hydrogen) atoms. The van der Waals surface area contributed by atoms with Crippen LogP contribution in [0.1, 0.15) is 11.1 Å². The van der Waals surface area contributed by atoms with Gasteiger partial charge in [0.05, 0.1) is 16.8 Å². The molecule has 5 rings (SSSR count). The number of imidazole rings is 1. The molecule has 0 unspecified atom stereocenters. The molecule has 5 heteroatoms. The molecular formula is C23H21N5. The van der Waals surface area contributed by atoms with Gasteiger partial charge in [0.15, 0.2) is 0 Å². The third-order valence-electron chi connectivity index (χ3n) is 5.59. The smallest absolute Gasteiger partial charge is 0.138 e. The maximum Gasteiger partial charge on any atom is 0.138 e. The van der Waals surface area contributed by atoms with Gasteiger partial charge < -0.3 is 10.2 Å². The van der Waals surface area contributed by atoms with E-state index in [2.05, 4.69) is 51.9 Å². The van der Waals surface area contributed by atoms with E-state index in [4.69, 9.17) is 4.98 Å². The topological polar surface area (TPSA) is 56.4 Å². The van der Waals surface area contributed by atoms with E-state index < -0.39 is 0 Å². The van der Waals surface area contributed by atoms with E-state index in [0.29, 0.717) is 5.56 Å². The molecule has 2 aromatic carbocycles. The summed E-state index contributed by atoms with van der Waals surface area (Å²) in [6.07, 6.45) is 2.04. The van der Waals surface area contributed by atoms with Crippen LogP contribution in [-0.4, -0.2) is 35.6 Å². The van der Waals surface area contributed by atoms with Crippen molar-refractivity contribution in [1.29, 1.82) is 5.26 Å². The zero-order chi connectivity index (χ0) is 19.1. The summed E-state index contributed by atoms with van der Waals surface area (Å²) >= 11 is 0. The van der Waals surface area contributed by atoms with Gasteiger partial charge in [-0.25, -0.2) is 4.98 Å². The molecule has 0 amide bonds. The standard InChI is InChI=1S/C23H21N5/c1-16-18(15-24)21-23(28-12-6-5-9-19(28)26-21)22(27-13-10-25-11-14-27)20(16)17-7-3-2-4-8-17/h2-9,12,25H,10-11,13-14H2,1H3. The number of hydrogen-bond acceptors (Lipinski definition) is 4. The van der Waals surface area contributed by atoms with Crippen molar-refractivity contribution >= 4 is 22.4 Å². The average molecular weight is 367 g/mol. The van der Waals surface area contributed by atoms with Crippen LogP contribution in [0.25, 0.3) is 27.8 Å². The minimum atomic E-state index is 0.663. The van der Waals surface area contributed by atoms with Gasteiger partial charge in [-0.2, -0.15) is 5.26 Å². The summed E-state index contributed by atoms with van der Waals surface area (Å²) in [4.78, 5) is 7.28. The monoisotopic (exact) mass is 367 g/mol. The normalized spacial score (nSPS) is 14.5. The molecule has 138 valence electrons. The zero-order valence-electron chi connectivity index (χ0n) is 15.8. The predicted octanol–water partition coefficient (Wildman–Crippen LogP) is 3.74. The third kappa shape index (κ3) is 2.46. The van der Waals surface area contributed by atoms with E-state index in [1.807, 2.05) is 30.5 Å². The number of fused-ring (bicyclic) bond motifs is 3. The van der Waals surface area contributed by atoms with Crippen LogP contribution in [0.5, 0.6) is 0 Å². The molecule has 4 aromatic rings. The van der Waals surface area contributed by atoms with Gasteiger partial charge in [0.1, 0.15) is 17.2 Å². The molecular weight excluding hydrogens is 346 g/mol. The number of benzene rings is 2. The SMILES string of the molecule is Cc1c(-c2ccccc2)c(N2CCNCC2)c2c(nc3ccccn32)c1C#N. The molecule has 1 saturated heterocycles. The van der Waals surface area contributed by atoms with E-state index in [9.17, 15) is 5.26 Å². The van der Waals surface area contributed by atoms with Crippen molar-refractivity contribution in [3.8, 4) is 17.2 Å². The number of hydrogen-bond donors (Lipinski definition) is 1. The average Bonchev–Trinajstić information content (AvgIpc) is 3.13. The van der Waals surface area contributed by atoms with Crippen molar-refractivity contribution in [2.75, 3.05) is 31.1 Å². The van der Waals surface area contributed by atoms with Gasteiger partial charge in [-0.3, -0.25) is 4.40 Å². The number of aromatic nitrogens is 2. The van der Waals surface area contributed by atoms with Crippen molar-refractivity contribution in [3.63, 3.8) is 0 Å². The Labute approximate surface area is 163 Å². The lowest BCUT2D eigenvalue weighted by atomic mass is 9.92. The van der Waals surface area contributed by atoms with Crippen molar-refractivity contribution in [3.05, 3.63) is 65.9 Å². The Kier molecular flexibility index (Phi) is 4.00. The van der Waals surface area contributed by atoms with Gasteiger partial charge in [-0.05, 0) is 30.2 Å². The maximum absolute atomic E-state index is 9.99. The van der Waals surface area contributed by atoms with E-state index in [-0.39, 0.29) is 0 Å². The van der Waals surface area contributed by atoms with Crippen molar-refractivity contribution < 1.29 is 0 Å². The molecule has 1 N–H and O–H groups in total. The summed E-state index contributed by atoms with van der Waals surface area (Å²) < 4.78 is 2.12. The van der Waals surface area contributed by atoms with Crippen LogP contribution >= 0.6 is 0 Å². The lowest BCUT2D eigenvalue weighted by Gasteiger charge is -2.32. The molecule has 1 fully saturated rings. The Bertz CT molecular complexity index is 1210. The molecule has 0 bridgehead atoms. The Morgan fingerprint density at radius 2 is 1.79 bits per heavy atom. The quantitative estimate of drug-likeness (QED) is 0.586. The van der Waals surface area contributed by atoms with Gasteiger partial charge in [-0.15, -0.1) is 0 Å². The Morgan fingerprint density at radius 1 is 1.04 bits per heavy atom. The molecule has 1 aliphatic rings. The fourth-order valence-corrected chi connectivity index (χ4v) is 4.29. The van der Waals surface area contributed by atoms with E-state index >= 15 is 0 Å². The second kappa shape index (κ2) is 6.66. The molecule has 0 aliphatic carbocycles. The molecule has 0 atom stereocenters. The number of piperazine rings is 1. The molecule has 0 saturated carbocycles. The first-order chi connectivity index (χ1) is 13.8. The Hall–Kier alpha value is -3.36. The summed E-state index contributed by atoms with van der Waals surface area (Å²) in [5.41, 5.74) is 7.80. The van der Waals surface area contributed by atoms with Gasteiger partial charge in [0, 0.05) is 37.9 Å². The lowest BCUT2D eigenvalue weighted by Crippen LogP contribution is -2.44. The minimum Gasteiger partial charge on any atom is -0.367 e.